The molecule has 0 bridgehead atoms. The zero-order chi connectivity index (χ0) is 13.9. The van der Waals surface area contributed by atoms with Crippen molar-refractivity contribution in [2.75, 3.05) is 0 Å². The molecule has 1 atom stereocenters. The Bertz CT molecular complexity index is 525. The SMILES string of the molecule is CCCn1ncnc1CC(C)(N)c1ccc(C)cc1. The van der Waals surface area contributed by atoms with Crippen molar-refractivity contribution in [3.63, 3.8) is 0 Å². The Morgan fingerprint density at radius 1 is 1.26 bits per heavy atom. The van der Waals surface area contributed by atoms with E-state index in [1.807, 2.05) is 11.6 Å². The molecule has 0 aliphatic carbocycles. The smallest absolute Gasteiger partial charge is 0.138 e. The van der Waals surface area contributed by atoms with Crippen molar-refractivity contribution in [2.24, 2.45) is 5.73 Å². The van der Waals surface area contributed by atoms with Gasteiger partial charge in [0.2, 0.25) is 0 Å². The molecule has 2 aromatic rings. The number of nitrogens with two attached hydrogens (primary N) is 1. The molecule has 1 aromatic carbocycles. The fraction of sp³-hybridized carbons (Fsp3) is 0.467. The lowest BCUT2D eigenvalue weighted by molar-refractivity contribution is 0.451. The fourth-order valence-corrected chi connectivity index (χ4v) is 2.19. The molecule has 1 heterocycles. The Hall–Kier alpha value is -1.68. The Kier molecular flexibility index (Phi) is 4.00. The van der Waals surface area contributed by atoms with Crippen LogP contribution >= 0.6 is 0 Å². The van der Waals surface area contributed by atoms with Gasteiger partial charge in [-0.05, 0) is 25.8 Å². The van der Waals surface area contributed by atoms with Gasteiger partial charge in [0.1, 0.15) is 12.2 Å². The molecule has 4 nitrogen and oxygen atoms in total. The third-order valence-corrected chi connectivity index (χ3v) is 3.37. The Morgan fingerprint density at radius 2 is 1.95 bits per heavy atom. The van der Waals surface area contributed by atoms with Crippen LogP contribution in [-0.4, -0.2) is 14.8 Å². The Morgan fingerprint density at radius 3 is 2.58 bits per heavy atom. The van der Waals surface area contributed by atoms with Gasteiger partial charge in [0.05, 0.1) is 0 Å². The summed E-state index contributed by atoms with van der Waals surface area (Å²) in [6.45, 7) is 7.14. The van der Waals surface area contributed by atoms with E-state index < -0.39 is 5.54 Å². The van der Waals surface area contributed by atoms with Crippen molar-refractivity contribution in [3.8, 4) is 0 Å². The van der Waals surface area contributed by atoms with Gasteiger partial charge in [0, 0.05) is 18.5 Å². The molecule has 2 rings (SSSR count). The molecular weight excluding hydrogens is 236 g/mol. The number of nitrogens with zero attached hydrogens (tertiary/aromatic N) is 3. The van der Waals surface area contributed by atoms with E-state index in [-0.39, 0.29) is 0 Å². The topological polar surface area (TPSA) is 56.7 Å². The molecule has 2 N–H and O–H groups in total. The van der Waals surface area contributed by atoms with Gasteiger partial charge in [-0.1, -0.05) is 36.8 Å². The van der Waals surface area contributed by atoms with Crippen molar-refractivity contribution in [2.45, 2.75) is 45.7 Å². The highest BCUT2D eigenvalue weighted by molar-refractivity contribution is 5.28. The van der Waals surface area contributed by atoms with E-state index in [0.717, 1.165) is 24.4 Å². The number of benzene rings is 1. The molecule has 0 spiro atoms. The van der Waals surface area contributed by atoms with Crippen LogP contribution in [-0.2, 0) is 18.5 Å². The first kappa shape index (κ1) is 13.7. The maximum atomic E-state index is 6.46. The summed E-state index contributed by atoms with van der Waals surface area (Å²) in [6.07, 6.45) is 3.34. The highest BCUT2D eigenvalue weighted by atomic mass is 15.3. The van der Waals surface area contributed by atoms with Gasteiger partial charge in [-0.3, -0.25) is 4.68 Å². The van der Waals surface area contributed by atoms with Gasteiger partial charge in [-0.15, -0.1) is 0 Å². The molecule has 102 valence electrons. The zero-order valence-corrected chi connectivity index (χ0v) is 11.9. The number of rotatable bonds is 5. The molecule has 4 heteroatoms. The minimum absolute atomic E-state index is 0.424. The van der Waals surface area contributed by atoms with E-state index in [4.69, 9.17) is 5.73 Å². The maximum Gasteiger partial charge on any atom is 0.138 e. The van der Waals surface area contributed by atoms with E-state index in [2.05, 4.69) is 48.2 Å². The third-order valence-electron chi connectivity index (χ3n) is 3.37. The van der Waals surface area contributed by atoms with Gasteiger partial charge in [-0.2, -0.15) is 5.10 Å². The van der Waals surface area contributed by atoms with Crippen LogP contribution in [0.3, 0.4) is 0 Å². The highest BCUT2D eigenvalue weighted by Gasteiger charge is 2.24. The largest absolute Gasteiger partial charge is 0.321 e. The average Bonchev–Trinajstić information content (AvgIpc) is 2.77. The standard InChI is InChI=1S/C15H22N4/c1-4-9-19-14(17-11-18-19)10-15(3,16)13-7-5-12(2)6-8-13/h5-8,11H,4,9-10,16H2,1-3H3. The summed E-state index contributed by atoms with van der Waals surface area (Å²) in [5.41, 5.74) is 8.41. The molecule has 0 aliphatic heterocycles. The molecule has 1 unspecified atom stereocenters. The monoisotopic (exact) mass is 258 g/mol. The first-order valence-electron chi connectivity index (χ1n) is 6.75. The third kappa shape index (κ3) is 3.20. The Labute approximate surface area is 114 Å². The number of aryl methyl sites for hydroxylation is 2. The summed E-state index contributed by atoms with van der Waals surface area (Å²) in [7, 11) is 0. The molecule has 0 amide bonds. The number of aromatic nitrogens is 3. The van der Waals surface area contributed by atoms with Crippen molar-refractivity contribution < 1.29 is 0 Å². The van der Waals surface area contributed by atoms with E-state index in [0.29, 0.717) is 6.42 Å². The number of hydrogen-bond acceptors (Lipinski definition) is 3. The minimum atomic E-state index is -0.424. The van der Waals surface area contributed by atoms with Crippen LogP contribution in [0.5, 0.6) is 0 Å². The second-order valence-electron chi connectivity index (χ2n) is 5.36. The van der Waals surface area contributed by atoms with E-state index in [1.54, 1.807) is 6.33 Å². The lowest BCUT2D eigenvalue weighted by Gasteiger charge is -2.25. The summed E-state index contributed by atoms with van der Waals surface area (Å²) < 4.78 is 1.94. The maximum absolute atomic E-state index is 6.46. The summed E-state index contributed by atoms with van der Waals surface area (Å²) in [5.74, 6) is 0.951. The normalized spacial score (nSPS) is 14.3. The van der Waals surface area contributed by atoms with Gasteiger partial charge < -0.3 is 5.73 Å². The quantitative estimate of drug-likeness (QED) is 0.896. The molecule has 0 fully saturated rings. The highest BCUT2D eigenvalue weighted by Crippen LogP contribution is 2.22. The van der Waals surface area contributed by atoms with Crippen molar-refractivity contribution in [1.82, 2.24) is 14.8 Å². The lowest BCUT2D eigenvalue weighted by atomic mass is 9.89. The molecular formula is C15H22N4. The molecule has 19 heavy (non-hydrogen) atoms. The lowest BCUT2D eigenvalue weighted by Crippen LogP contribution is -2.36. The molecule has 1 aromatic heterocycles. The van der Waals surface area contributed by atoms with Crippen LogP contribution in [0.25, 0.3) is 0 Å². The zero-order valence-electron chi connectivity index (χ0n) is 11.9. The molecule has 0 saturated heterocycles. The van der Waals surface area contributed by atoms with Crippen LogP contribution < -0.4 is 5.73 Å². The summed E-state index contributed by atoms with van der Waals surface area (Å²) in [6, 6.07) is 8.38. The predicted octanol–water partition coefficient (Wildman–Crippen LogP) is 2.41. The van der Waals surface area contributed by atoms with E-state index in [9.17, 15) is 0 Å². The van der Waals surface area contributed by atoms with Gasteiger partial charge >= 0.3 is 0 Å². The predicted molar refractivity (Wildman–Crippen MR) is 76.7 cm³/mol. The molecule has 0 aliphatic rings. The van der Waals surface area contributed by atoms with Crippen molar-refractivity contribution in [1.29, 1.82) is 0 Å². The molecule has 0 radical (unpaired) electrons. The van der Waals surface area contributed by atoms with E-state index in [1.165, 1.54) is 5.56 Å². The Balaban J connectivity index is 2.20. The average molecular weight is 258 g/mol. The van der Waals surface area contributed by atoms with Gasteiger partial charge in [0.15, 0.2) is 0 Å². The second-order valence-corrected chi connectivity index (χ2v) is 5.36. The summed E-state index contributed by atoms with van der Waals surface area (Å²) in [5, 5.41) is 4.25. The first-order valence-corrected chi connectivity index (χ1v) is 6.75. The van der Waals surface area contributed by atoms with Crippen molar-refractivity contribution >= 4 is 0 Å². The van der Waals surface area contributed by atoms with Crippen LogP contribution in [0.1, 0.15) is 37.2 Å². The van der Waals surface area contributed by atoms with Crippen molar-refractivity contribution in [3.05, 3.63) is 47.5 Å². The van der Waals surface area contributed by atoms with Gasteiger partial charge in [-0.25, -0.2) is 4.98 Å². The van der Waals surface area contributed by atoms with Gasteiger partial charge in [0.25, 0.3) is 0 Å². The van der Waals surface area contributed by atoms with Crippen LogP contribution in [0.15, 0.2) is 30.6 Å². The number of hydrogen-bond donors (Lipinski definition) is 1. The first-order chi connectivity index (χ1) is 9.03. The van der Waals surface area contributed by atoms with E-state index >= 15 is 0 Å². The van der Waals surface area contributed by atoms with Crippen LogP contribution in [0.4, 0.5) is 0 Å². The minimum Gasteiger partial charge on any atom is -0.321 e. The fourth-order valence-electron chi connectivity index (χ4n) is 2.19. The van der Waals surface area contributed by atoms with Crippen LogP contribution in [0.2, 0.25) is 0 Å². The molecule has 0 saturated carbocycles. The summed E-state index contributed by atoms with van der Waals surface area (Å²) in [4.78, 5) is 4.33. The second kappa shape index (κ2) is 5.53. The van der Waals surface area contributed by atoms with Crippen LogP contribution in [0, 0.1) is 6.92 Å². The summed E-state index contributed by atoms with van der Waals surface area (Å²) >= 11 is 0.